The molecule has 1 atom stereocenters. The molecule has 0 bridgehead atoms. The average Bonchev–Trinajstić information content (AvgIpc) is 2.75. The molecule has 16 heavy (non-hydrogen) atoms. The number of amides is 1. The summed E-state index contributed by atoms with van der Waals surface area (Å²) in [6.45, 7) is 4.65. The summed E-state index contributed by atoms with van der Waals surface area (Å²) >= 11 is 0. The quantitative estimate of drug-likeness (QED) is 0.770. The van der Waals surface area contributed by atoms with Crippen molar-refractivity contribution in [3.63, 3.8) is 0 Å². The highest BCUT2D eigenvalue weighted by molar-refractivity contribution is 5.81. The number of likely N-dealkylation sites (N-methyl/N-ethyl adjacent to an activating group) is 1. The maximum Gasteiger partial charge on any atom is 0.237 e. The third-order valence-electron chi connectivity index (χ3n) is 2.39. The van der Waals surface area contributed by atoms with Crippen molar-refractivity contribution in [1.82, 2.24) is 10.6 Å². The summed E-state index contributed by atoms with van der Waals surface area (Å²) in [6.07, 6.45) is 2.44. The van der Waals surface area contributed by atoms with E-state index in [1.807, 2.05) is 12.1 Å². The molecule has 0 aliphatic carbocycles. The molecule has 0 aliphatic heterocycles. The molecule has 1 rings (SSSR count). The second kappa shape index (κ2) is 6.33. The molecule has 1 unspecified atom stereocenters. The fraction of sp³-hybridized carbons (Fsp3) is 0.583. The highest BCUT2D eigenvalue weighted by Crippen LogP contribution is 2.05. The highest BCUT2D eigenvalue weighted by atomic mass is 16.3. The molecule has 1 amide bonds. The van der Waals surface area contributed by atoms with Gasteiger partial charge in [-0.2, -0.15) is 0 Å². The van der Waals surface area contributed by atoms with E-state index in [1.165, 1.54) is 0 Å². The second-order valence-electron chi connectivity index (χ2n) is 4.27. The van der Waals surface area contributed by atoms with Crippen LogP contribution in [0.15, 0.2) is 22.8 Å². The minimum absolute atomic E-state index is 0.0209. The first-order valence-corrected chi connectivity index (χ1v) is 5.60. The van der Waals surface area contributed by atoms with Crippen LogP contribution in [-0.2, 0) is 11.3 Å². The van der Waals surface area contributed by atoms with Crippen LogP contribution in [0, 0.1) is 5.92 Å². The molecule has 0 spiro atoms. The summed E-state index contributed by atoms with van der Waals surface area (Å²) in [6, 6.07) is 3.53. The van der Waals surface area contributed by atoms with Crippen molar-refractivity contribution in [3.05, 3.63) is 24.2 Å². The fourth-order valence-electron chi connectivity index (χ4n) is 1.54. The number of nitrogens with one attached hydrogen (secondary N) is 2. The van der Waals surface area contributed by atoms with Gasteiger partial charge in [-0.05, 0) is 31.5 Å². The first-order valence-electron chi connectivity index (χ1n) is 5.60. The lowest BCUT2D eigenvalue weighted by molar-refractivity contribution is -0.123. The Balaban J connectivity index is 2.37. The van der Waals surface area contributed by atoms with Crippen LogP contribution in [0.2, 0.25) is 0 Å². The zero-order valence-electron chi connectivity index (χ0n) is 10.1. The van der Waals surface area contributed by atoms with E-state index in [0.717, 1.165) is 12.2 Å². The zero-order valence-corrected chi connectivity index (χ0v) is 10.1. The Morgan fingerprint density at radius 1 is 1.50 bits per heavy atom. The van der Waals surface area contributed by atoms with Gasteiger partial charge in [-0.15, -0.1) is 0 Å². The number of carbonyl (C=O) groups excluding carboxylic acids is 1. The van der Waals surface area contributed by atoms with Gasteiger partial charge in [0.05, 0.1) is 18.8 Å². The first kappa shape index (κ1) is 12.8. The van der Waals surface area contributed by atoms with E-state index in [4.69, 9.17) is 4.42 Å². The highest BCUT2D eigenvalue weighted by Gasteiger charge is 2.17. The molecule has 1 aromatic heterocycles. The number of carbonyl (C=O) groups is 1. The monoisotopic (exact) mass is 224 g/mol. The van der Waals surface area contributed by atoms with Crippen LogP contribution in [-0.4, -0.2) is 19.0 Å². The number of rotatable bonds is 6. The van der Waals surface area contributed by atoms with Crippen molar-refractivity contribution in [3.8, 4) is 0 Å². The molecule has 0 aromatic carbocycles. The maximum atomic E-state index is 11.8. The Bertz CT molecular complexity index is 307. The van der Waals surface area contributed by atoms with Crippen molar-refractivity contribution in [1.29, 1.82) is 0 Å². The molecule has 0 fully saturated rings. The lowest BCUT2D eigenvalue weighted by Gasteiger charge is -2.17. The molecule has 4 nitrogen and oxygen atoms in total. The summed E-state index contributed by atoms with van der Waals surface area (Å²) in [7, 11) is 1.81. The van der Waals surface area contributed by atoms with Crippen LogP contribution in [0.4, 0.5) is 0 Å². The molecule has 1 aromatic rings. The predicted octanol–water partition coefficient (Wildman–Crippen LogP) is 1.53. The SMILES string of the molecule is CNC(CC(C)C)C(=O)NCc1ccco1. The molecular formula is C12H20N2O2. The van der Waals surface area contributed by atoms with E-state index in [9.17, 15) is 4.79 Å². The van der Waals surface area contributed by atoms with E-state index >= 15 is 0 Å². The van der Waals surface area contributed by atoms with Gasteiger partial charge in [0.15, 0.2) is 0 Å². The van der Waals surface area contributed by atoms with Gasteiger partial charge in [0.25, 0.3) is 0 Å². The summed E-state index contributed by atoms with van der Waals surface area (Å²) < 4.78 is 5.14. The van der Waals surface area contributed by atoms with Crippen LogP contribution in [0.5, 0.6) is 0 Å². The third-order valence-corrected chi connectivity index (χ3v) is 2.39. The summed E-state index contributed by atoms with van der Waals surface area (Å²) in [4.78, 5) is 11.8. The van der Waals surface area contributed by atoms with Gasteiger partial charge in [0.2, 0.25) is 5.91 Å². The smallest absolute Gasteiger partial charge is 0.237 e. The summed E-state index contributed by atoms with van der Waals surface area (Å²) in [5, 5.41) is 5.87. The summed E-state index contributed by atoms with van der Waals surface area (Å²) in [5.41, 5.74) is 0. The molecule has 2 N–H and O–H groups in total. The predicted molar refractivity (Wildman–Crippen MR) is 62.9 cm³/mol. The van der Waals surface area contributed by atoms with Crippen molar-refractivity contribution in [2.45, 2.75) is 32.9 Å². The molecular weight excluding hydrogens is 204 g/mol. The molecule has 4 heteroatoms. The van der Waals surface area contributed by atoms with Crippen molar-refractivity contribution in [2.75, 3.05) is 7.05 Å². The van der Waals surface area contributed by atoms with Gasteiger partial charge in [-0.1, -0.05) is 13.8 Å². The van der Waals surface area contributed by atoms with E-state index in [-0.39, 0.29) is 11.9 Å². The van der Waals surface area contributed by atoms with Crippen molar-refractivity contribution < 1.29 is 9.21 Å². The standard InChI is InChI=1S/C12H20N2O2/c1-9(2)7-11(13-3)12(15)14-8-10-5-4-6-16-10/h4-6,9,11,13H,7-8H2,1-3H3,(H,14,15). The van der Waals surface area contributed by atoms with Crippen LogP contribution >= 0.6 is 0 Å². The minimum atomic E-state index is -0.130. The Morgan fingerprint density at radius 2 is 2.25 bits per heavy atom. The lowest BCUT2D eigenvalue weighted by Crippen LogP contribution is -2.43. The van der Waals surface area contributed by atoms with Gasteiger partial charge in [0, 0.05) is 0 Å². The molecule has 1 heterocycles. The van der Waals surface area contributed by atoms with Gasteiger partial charge >= 0.3 is 0 Å². The van der Waals surface area contributed by atoms with Gasteiger partial charge in [0.1, 0.15) is 5.76 Å². The van der Waals surface area contributed by atoms with Crippen molar-refractivity contribution in [2.24, 2.45) is 5.92 Å². The number of hydrogen-bond donors (Lipinski definition) is 2. The molecule has 0 radical (unpaired) electrons. The van der Waals surface area contributed by atoms with E-state index in [1.54, 1.807) is 13.3 Å². The van der Waals surface area contributed by atoms with E-state index in [2.05, 4.69) is 24.5 Å². The van der Waals surface area contributed by atoms with Gasteiger partial charge in [-0.3, -0.25) is 4.79 Å². The lowest BCUT2D eigenvalue weighted by atomic mass is 10.0. The van der Waals surface area contributed by atoms with Crippen molar-refractivity contribution >= 4 is 5.91 Å². The fourth-order valence-corrected chi connectivity index (χ4v) is 1.54. The Labute approximate surface area is 96.4 Å². The van der Waals surface area contributed by atoms with Crippen LogP contribution < -0.4 is 10.6 Å². The van der Waals surface area contributed by atoms with Crippen LogP contribution in [0.3, 0.4) is 0 Å². The summed E-state index contributed by atoms with van der Waals surface area (Å²) in [5.74, 6) is 1.28. The first-order chi connectivity index (χ1) is 7.63. The van der Waals surface area contributed by atoms with Crippen LogP contribution in [0.1, 0.15) is 26.0 Å². The van der Waals surface area contributed by atoms with Gasteiger partial charge in [-0.25, -0.2) is 0 Å². The minimum Gasteiger partial charge on any atom is -0.467 e. The van der Waals surface area contributed by atoms with E-state index < -0.39 is 0 Å². The van der Waals surface area contributed by atoms with E-state index in [0.29, 0.717) is 12.5 Å². The largest absolute Gasteiger partial charge is 0.467 e. The molecule has 0 saturated heterocycles. The molecule has 90 valence electrons. The Morgan fingerprint density at radius 3 is 2.75 bits per heavy atom. The number of furan rings is 1. The Kier molecular flexibility index (Phi) is 5.05. The zero-order chi connectivity index (χ0) is 12.0. The maximum absolute atomic E-state index is 11.8. The number of hydrogen-bond acceptors (Lipinski definition) is 3. The Hall–Kier alpha value is -1.29. The average molecular weight is 224 g/mol. The van der Waals surface area contributed by atoms with Crippen LogP contribution in [0.25, 0.3) is 0 Å². The molecule has 0 saturated carbocycles. The second-order valence-corrected chi connectivity index (χ2v) is 4.27. The topological polar surface area (TPSA) is 54.3 Å². The third kappa shape index (κ3) is 4.06. The molecule has 0 aliphatic rings. The normalized spacial score (nSPS) is 12.8. The van der Waals surface area contributed by atoms with Gasteiger partial charge < -0.3 is 15.1 Å².